The van der Waals surface area contributed by atoms with Gasteiger partial charge in [0, 0.05) is 18.5 Å². The van der Waals surface area contributed by atoms with E-state index in [-0.39, 0.29) is 47.5 Å². The van der Waals surface area contributed by atoms with Crippen molar-refractivity contribution in [3.05, 3.63) is 64.6 Å². The number of rotatable bonds is 8. The number of amides is 2. The van der Waals surface area contributed by atoms with E-state index in [9.17, 15) is 35.9 Å². The van der Waals surface area contributed by atoms with Gasteiger partial charge in [-0.3, -0.25) is 10.2 Å². The second kappa shape index (κ2) is 13.7. The predicted octanol–water partition coefficient (Wildman–Crippen LogP) is 6.99. The first kappa shape index (κ1) is 34.1. The summed E-state index contributed by atoms with van der Waals surface area (Å²) >= 11 is 0. The standard InChI is InChI=1S/C29H30F6N6O5/c1-5-18-13-20(24-22(7-8-23(40-24)44-3)41(18)27(43)46-6-2)38-25-36-14-21(39-26(42)45-4)19(37-25)11-15-9-16(28(30,31)32)12-17(10-15)29(33,34)35/h7-10,12,14,18,20H,5-6,11,13H2,1-4H3,(H,39,42)(H,36,37,38)/t18-,20+/m1/s1. The maximum absolute atomic E-state index is 13.5. The highest BCUT2D eigenvalue weighted by Crippen LogP contribution is 2.41. The van der Waals surface area contributed by atoms with Gasteiger partial charge in [-0.15, -0.1) is 0 Å². The zero-order chi connectivity index (χ0) is 33.8. The van der Waals surface area contributed by atoms with Gasteiger partial charge >= 0.3 is 24.5 Å². The topological polar surface area (TPSA) is 128 Å². The normalized spacial score (nSPS) is 16.3. The third-order valence-electron chi connectivity index (χ3n) is 7.10. The van der Waals surface area contributed by atoms with E-state index in [0.29, 0.717) is 36.4 Å². The summed E-state index contributed by atoms with van der Waals surface area (Å²) in [5.41, 5.74) is -2.76. The van der Waals surface area contributed by atoms with Crippen LogP contribution in [0.1, 0.15) is 60.8 Å². The number of ether oxygens (including phenoxy) is 3. The number of benzene rings is 1. The minimum atomic E-state index is -5.06. The summed E-state index contributed by atoms with van der Waals surface area (Å²) in [6.45, 7) is 3.70. The van der Waals surface area contributed by atoms with Crippen molar-refractivity contribution >= 4 is 29.5 Å². The van der Waals surface area contributed by atoms with Gasteiger partial charge in [0.25, 0.3) is 0 Å². The molecular weight excluding hydrogens is 626 g/mol. The van der Waals surface area contributed by atoms with Crippen molar-refractivity contribution < 1.29 is 50.1 Å². The van der Waals surface area contributed by atoms with Gasteiger partial charge in [0.2, 0.25) is 11.8 Å². The number of carbonyl (C=O) groups is 2. The van der Waals surface area contributed by atoms with Gasteiger partial charge in [0.1, 0.15) is 0 Å². The molecule has 0 aliphatic carbocycles. The first-order valence-electron chi connectivity index (χ1n) is 13.9. The van der Waals surface area contributed by atoms with E-state index in [1.54, 1.807) is 19.1 Å². The molecule has 2 N–H and O–H groups in total. The van der Waals surface area contributed by atoms with Crippen molar-refractivity contribution in [2.24, 2.45) is 0 Å². The monoisotopic (exact) mass is 656 g/mol. The molecule has 11 nitrogen and oxygen atoms in total. The molecule has 1 aromatic carbocycles. The van der Waals surface area contributed by atoms with Crippen LogP contribution in [0.4, 0.5) is 53.3 Å². The lowest BCUT2D eigenvalue weighted by atomic mass is 9.93. The number of alkyl halides is 6. The minimum absolute atomic E-state index is 0.0234. The van der Waals surface area contributed by atoms with Crippen molar-refractivity contribution in [1.82, 2.24) is 15.0 Å². The summed E-state index contributed by atoms with van der Waals surface area (Å²) < 4.78 is 96.3. The third-order valence-corrected chi connectivity index (χ3v) is 7.10. The Balaban J connectivity index is 1.77. The third kappa shape index (κ3) is 7.69. The number of methoxy groups -OCH3 is 2. The van der Waals surface area contributed by atoms with E-state index in [2.05, 4.69) is 30.3 Å². The lowest BCUT2D eigenvalue weighted by Gasteiger charge is -2.39. The molecule has 0 saturated carbocycles. The van der Waals surface area contributed by atoms with Crippen molar-refractivity contribution in [3.63, 3.8) is 0 Å². The highest BCUT2D eigenvalue weighted by Gasteiger charge is 2.39. The summed E-state index contributed by atoms with van der Waals surface area (Å²) in [4.78, 5) is 39.5. The highest BCUT2D eigenvalue weighted by atomic mass is 19.4. The molecule has 3 aromatic rings. The predicted molar refractivity (Wildman–Crippen MR) is 153 cm³/mol. The van der Waals surface area contributed by atoms with Gasteiger partial charge in [-0.05, 0) is 49.6 Å². The summed E-state index contributed by atoms with van der Waals surface area (Å²) in [7, 11) is 2.48. The largest absolute Gasteiger partial charge is 0.481 e. The number of pyridine rings is 1. The van der Waals surface area contributed by atoms with E-state index in [1.165, 1.54) is 12.0 Å². The Morgan fingerprint density at radius 3 is 2.24 bits per heavy atom. The second-order valence-electron chi connectivity index (χ2n) is 10.1. The lowest BCUT2D eigenvalue weighted by Crippen LogP contribution is -2.46. The average molecular weight is 657 g/mol. The van der Waals surface area contributed by atoms with Crippen LogP contribution in [0.25, 0.3) is 0 Å². The molecule has 3 heterocycles. The maximum atomic E-state index is 13.5. The van der Waals surface area contributed by atoms with Crippen molar-refractivity contribution in [3.8, 4) is 5.88 Å². The Morgan fingerprint density at radius 1 is 1.00 bits per heavy atom. The summed E-state index contributed by atoms with van der Waals surface area (Å²) in [6, 6.07) is 3.42. The van der Waals surface area contributed by atoms with Crippen LogP contribution in [0.5, 0.6) is 5.88 Å². The molecule has 17 heteroatoms. The first-order chi connectivity index (χ1) is 21.7. The van der Waals surface area contributed by atoms with Gasteiger partial charge in [-0.2, -0.15) is 26.3 Å². The molecule has 248 valence electrons. The Hall–Kier alpha value is -4.83. The molecular formula is C29H30F6N6O5. The van der Waals surface area contributed by atoms with Crippen molar-refractivity contribution in [2.75, 3.05) is 36.4 Å². The Labute approximate surface area is 259 Å². The van der Waals surface area contributed by atoms with Crippen molar-refractivity contribution in [1.29, 1.82) is 0 Å². The SMILES string of the molecule is CCOC(=O)N1c2ccc(OC)nc2[C@@H](Nc2ncc(NC(=O)OC)c(Cc3cc(C(F)(F)F)cc(C(F)(F)F)c3)n2)C[C@H]1CC. The number of nitrogens with one attached hydrogen (secondary N) is 2. The second-order valence-corrected chi connectivity index (χ2v) is 10.1. The average Bonchev–Trinajstić information content (AvgIpc) is 3.00. The number of aromatic nitrogens is 3. The number of fused-ring (bicyclic) bond motifs is 1. The van der Waals surface area contributed by atoms with Crippen LogP contribution in [0, 0.1) is 0 Å². The minimum Gasteiger partial charge on any atom is -0.481 e. The Bertz CT molecular complexity index is 1550. The Kier molecular flexibility index (Phi) is 10.1. The number of nitrogens with zero attached hydrogens (tertiary/aromatic N) is 4. The molecule has 46 heavy (non-hydrogen) atoms. The molecule has 0 radical (unpaired) electrons. The van der Waals surface area contributed by atoms with Gasteiger partial charge in [-0.1, -0.05) is 6.92 Å². The van der Waals surface area contributed by atoms with Crippen LogP contribution >= 0.6 is 0 Å². The van der Waals surface area contributed by atoms with E-state index >= 15 is 0 Å². The summed E-state index contributed by atoms with van der Waals surface area (Å²) in [6.07, 6.45) is -10.2. The smallest absolute Gasteiger partial charge is 0.416 e. The molecule has 1 aliphatic heterocycles. The van der Waals surface area contributed by atoms with Gasteiger partial charge in [0.15, 0.2) is 0 Å². The Morgan fingerprint density at radius 2 is 1.67 bits per heavy atom. The van der Waals surface area contributed by atoms with Crippen LogP contribution in [-0.4, -0.2) is 54.0 Å². The van der Waals surface area contributed by atoms with E-state index in [0.717, 1.165) is 13.3 Å². The number of halogens is 6. The first-order valence-corrected chi connectivity index (χ1v) is 13.9. The van der Waals surface area contributed by atoms with Crippen LogP contribution in [0.3, 0.4) is 0 Å². The zero-order valence-electron chi connectivity index (χ0n) is 25.0. The van der Waals surface area contributed by atoms with E-state index in [1.807, 2.05) is 6.92 Å². The number of hydrogen-bond acceptors (Lipinski definition) is 9. The van der Waals surface area contributed by atoms with Crippen LogP contribution < -0.4 is 20.3 Å². The van der Waals surface area contributed by atoms with Crippen LogP contribution in [0.15, 0.2) is 36.5 Å². The van der Waals surface area contributed by atoms with Gasteiger partial charge < -0.3 is 19.5 Å². The molecule has 0 spiro atoms. The number of anilines is 3. The molecule has 0 unspecified atom stereocenters. The maximum Gasteiger partial charge on any atom is 0.416 e. The molecule has 4 rings (SSSR count). The molecule has 0 saturated heterocycles. The van der Waals surface area contributed by atoms with E-state index in [4.69, 9.17) is 9.47 Å². The fourth-order valence-corrected chi connectivity index (χ4v) is 4.98. The molecule has 2 atom stereocenters. The van der Waals surface area contributed by atoms with Crippen LogP contribution in [0.2, 0.25) is 0 Å². The van der Waals surface area contributed by atoms with Gasteiger partial charge in [0.05, 0.1) is 67.0 Å². The molecule has 2 aromatic heterocycles. The molecule has 0 bridgehead atoms. The van der Waals surface area contributed by atoms with Crippen molar-refractivity contribution in [2.45, 2.75) is 57.5 Å². The van der Waals surface area contributed by atoms with Gasteiger partial charge in [-0.25, -0.2) is 24.5 Å². The zero-order valence-corrected chi connectivity index (χ0v) is 25.0. The molecule has 0 fully saturated rings. The number of hydrogen-bond donors (Lipinski definition) is 2. The fraction of sp³-hybridized carbons (Fsp3) is 0.414. The highest BCUT2D eigenvalue weighted by molar-refractivity contribution is 5.90. The quantitative estimate of drug-likeness (QED) is 0.247. The summed E-state index contributed by atoms with van der Waals surface area (Å²) in [5, 5.41) is 5.45. The molecule has 1 aliphatic rings. The number of carbonyl (C=O) groups excluding carboxylic acids is 2. The van der Waals surface area contributed by atoms with E-state index < -0.39 is 48.1 Å². The van der Waals surface area contributed by atoms with Crippen LogP contribution in [-0.2, 0) is 28.2 Å². The lowest BCUT2D eigenvalue weighted by molar-refractivity contribution is -0.143. The summed E-state index contributed by atoms with van der Waals surface area (Å²) in [5.74, 6) is 0.169. The molecule has 2 amide bonds. The fourth-order valence-electron chi connectivity index (χ4n) is 4.98.